The van der Waals surface area contributed by atoms with E-state index in [1.54, 1.807) is 32.3 Å². The van der Waals surface area contributed by atoms with E-state index in [9.17, 15) is 18.0 Å². The molecule has 0 aromatic heterocycles. The Labute approximate surface area is 182 Å². The highest BCUT2D eigenvalue weighted by Gasteiger charge is 2.20. The lowest BCUT2D eigenvalue weighted by Crippen LogP contribution is -2.24. The second kappa shape index (κ2) is 10.3. The number of nitrogens with one attached hydrogen (secondary N) is 2. The van der Waals surface area contributed by atoms with Crippen LogP contribution in [0.5, 0.6) is 11.5 Å². The highest BCUT2D eigenvalue weighted by atomic mass is 32.2. The number of rotatable bonds is 9. The van der Waals surface area contributed by atoms with Gasteiger partial charge in [-0.3, -0.25) is 9.59 Å². The maximum Gasteiger partial charge on any atom is 0.255 e. The van der Waals surface area contributed by atoms with Crippen LogP contribution >= 0.6 is 0 Å². The average molecular weight is 450 g/mol. The van der Waals surface area contributed by atoms with Crippen molar-refractivity contribution in [3.05, 3.63) is 47.5 Å². The predicted molar refractivity (Wildman–Crippen MR) is 117 cm³/mol. The van der Waals surface area contributed by atoms with Crippen molar-refractivity contribution in [2.24, 2.45) is 0 Å². The van der Waals surface area contributed by atoms with Crippen LogP contribution in [-0.4, -0.2) is 60.5 Å². The number of aryl methyl sites for hydroxylation is 1. The summed E-state index contributed by atoms with van der Waals surface area (Å²) in [6.07, 6.45) is 0.540. The summed E-state index contributed by atoms with van der Waals surface area (Å²) >= 11 is 0. The Bertz CT molecular complexity index is 1050. The molecule has 0 radical (unpaired) electrons. The minimum Gasteiger partial charge on any atom is -0.493 e. The molecule has 168 valence electrons. The van der Waals surface area contributed by atoms with Gasteiger partial charge in [-0.2, -0.15) is 0 Å². The van der Waals surface area contributed by atoms with E-state index in [4.69, 9.17) is 9.47 Å². The smallest absolute Gasteiger partial charge is 0.255 e. The van der Waals surface area contributed by atoms with Crippen molar-refractivity contribution >= 4 is 27.5 Å². The number of hydrogen-bond acceptors (Lipinski definition) is 6. The van der Waals surface area contributed by atoms with E-state index in [2.05, 4.69) is 10.0 Å². The minimum atomic E-state index is -3.51. The van der Waals surface area contributed by atoms with Gasteiger partial charge in [0.25, 0.3) is 5.91 Å². The van der Waals surface area contributed by atoms with E-state index in [-0.39, 0.29) is 28.7 Å². The second-order valence-corrected chi connectivity index (χ2v) is 8.74. The number of sulfonamides is 1. The van der Waals surface area contributed by atoms with Crippen LogP contribution in [0.4, 0.5) is 5.69 Å². The summed E-state index contributed by atoms with van der Waals surface area (Å²) in [7, 11) is 4.00. The lowest BCUT2D eigenvalue weighted by atomic mass is 10.1. The molecular weight excluding hydrogens is 422 g/mol. The van der Waals surface area contributed by atoms with Crippen LogP contribution in [0.1, 0.15) is 22.3 Å². The van der Waals surface area contributed by atoms with Crippen molar-refractivity contribution in [2.45, 2.75) is 17.7 Å². The fourth-order valence-electron chi connectivity index (χ4n) is 2.82. The number of anilines is 1. The average Bonchev–Trinajstić information content (AvgIpc) is 2.77. The van der Waals surface area contributed by atoms with Gasteiger partial charge < -0.3 is 19.7 Å². The second-order valence-electron chi connectivity index (χ2n) is 6.85. The van der Waals surface area contributed by atoms with Gasteiger partial charge in [-0.15, -0.1) is 0 Å². The van der Waals surface area contributed by atoms with E-state index in [0.29, 0.717) is 23.6 Å². The Morgan fingerprint density at radius 3 is 2.10 bits per heavy atom. The lowest BCUT2D eigenvalue weighted by Gasteiger charge is -2.18. The number of nitrogens with zero attached hydrogens (tertiary/aromatic N) is 1. The van der Waals surface area contributed by atoms with Gasteiger partial charge in [0, 0.05) is 26.6 Å². The molecule has 0 fully saturated rings. The van der Waals surface area contributed by atoms with Gasteiger partial charge in [-0.25, -0.2) is 13.1 Å². The van der Waals surface area contributed by atoms with Gasteiger partial charge >= 0.3 is 0 Å². The first-order valence-electron chi connectivity index (χ1n) is 9.43. The standard InChI is InChI=1S/C21H27N3O6S/c1-22-31(27,28)15-9-6-14(7-10-15)8-11-20(25)23-17-13-19(30-5)18(29-4)12-16(17)21(26)24(2)3/h6-7,9-10,12-13,22H,8,11H2,1-5H3,(H,23,25). The van der Waals surface area contributed by atoms with Crippen LogP contribution in [0.15, 0.2) is 41.3 Å². The summed E-state index contributed by atoms with van der Waals surface area (Å²) in [4.78, 5) is 26.7. The lowest BCUT2D eigenvalue weighted by molar-refractivity contribution is -0.116. The molecule has 0 atom stereocenters. The first-order chi connectivity index (χ1) is 14.6. The van der Waals surface area contributed by atoms with Gasteiger partial charge in [0.2, 0.25) is 15.9 Å². The summed E-state index contributed by atoms with van der Waals surface area (Å²) < 4.78 is 36.4. The van der Waals surface area contributed by atoms with Crippen LogP contribution < -0.4 is 19.5 Å². The third kappa shape index (κ3) is 5.96. The zero-order valence-electron chi connectivity index (χ0n) is 18.2. The molecule has 0 saturated heterocycles. The number of amides is 2. The SMILES string of the molecule is CNS(=O)(=O)c1ccc(CCC(=O)Nc2cc(OC)c(OC)cc2C(=O)N(C)C)cc1. The molecule has 2 aromatic carbocycles. The number of benzene rings is 2. The third-order valence-electron chi connectivity index (χ3n) is 4.58. The summed E-state index contributed by atoms with van der Waals surface area (Å²) in [5, 5.41) is 2.76. The van der Waals surface area contributed by atoms with E-state index in [1.807, 2.05) is 0 Å². The Balaban J connectivity index is 2.16. The van der Waals surface area contributed by atoms with Gasteiger partial charge in [0.15, 0.2) is 11.5 Å². The molecule has 0 heterocycles. The first kappa shape index (κ1) is 24.2. The Hall–Kier alpha value is -3.11. The van der Waals surface area contributed by atoms with Gasteiger partial charge in [0.1, 0.15) is 0 Å². The molecule has 9 nitrogen and oxygen atoms in total. The number of hydrogen-bond donors (Lipinski definition) is 2. The quantitative estimate of drug-likeness (QED) is 0.604. The molecular formula is C21H27N3O6S. The highest BCUT2D eigenvalue weighted by molar-refractivity contribution is 7.89. The van der Waals surface area contributed by atoms with Crippen LogP contribution in [0.2, 0.25) is 0 Å². The van der Waals surface area contributed by atoms with Crippen molar-refractivity contribution in [2.75, 3.05) is 40.7 Å². The molecule has 0 aliphatic heterocycles. The van der Waals surface area contributed by atoms with Gasteiger partial charge in [-0.1, -0.05) is 12.1 Å². The van der Waals surface area contributed by atoms with Crippen LogP contribution in [0.25, 0.3) is 0 Å². The summed E-state index contributed by atoms with van der Waals surface area (Å²) in [6.45, 7) is 0. The zero-order valence-corrected chi connectivity index (χ0v) is 19.0. The summed E-state index contributed by atoms with van der Waals surface area (Å²) in [5.74, 6) is 0.168. The van der Waals surface area contributed by atoms with Crippen LogP contribution in [0.3, 0.4) is 0 Å². The molecule has 0 unspecified atom stereocenters. The maximum absolute atomic E-state index is 12.6. The van der Waals surface area contributed by atoms with Gasteiger partial charge in [0.05, 0.1) is 30.4 Å². The van der Waals surface area contributed by atoms with Crippen molar-refractivity contribution < 1.29 is 27.5 Å². The molecule has 2 rings (SSSR count). The maximum atomic E-state index is 12.6. The highest BCUT2D eigenvalue weighted by Crippen LogP contribution is 2.34. The molecule has 31 heavy (non-hydrogen) atoms. The molecule has 2 amide bonds. The molecule has 0 aliphatic carbocycles. The minimum absolute atomic E-state index is 0.141. The number of carbonyl (C=O) groups is 2. The van der Waals surface area contributed by atoms with Crippen molar-refractivity contribution in [1.29, 1.82) is 0 Å². The fraction of sp³-hybridized carbons (Fsp3) is 0.333. The van der Waals surface area contributed by atoms with E-state index >= 15 is 0 Å². The molecule has 0 aliphatic rings. The summed E-state index contributed by atoms with van der Waals surface area (Å²) in [6, 6.07) is 9.37. The number of carbonyl (C=O) groups excluding carboxylic acids is 2. The molecule has 0 spiro atoms. The Morgan fingerprint density at radius 1 is 1.00 bits per heavy atom. The fourth-order valence-corrected chi connectivity index (χ4v) is 3.55. The molecule has 0 saturated carbocycles. The van der Waals surface area contributed by atoms with Gasteiger partial charge in [-0.05, 0) is 37.2 Å². The Kier molecular flexibility index (Phi) is 8.01. The van der Waals surface area contributed by atoms with E-state index in [1.165, 1.54) is 44.4 Å². The van der Waals surface area contributed by atoms with Crippen molar-refractivity contribution in [3.8, 4) is 11.5 Å². The molecule has 2 N–H and O–H groups in total. The van der Waals surface area contributed by atoms with E-state index in [0.717, 1.165) is 5.56 Å². The normalized spacial score (nSPS) is 11.0. The van der Waals surface area contributed by atoms with Crippen molar-refractivity contribution in [3.63, 3.8) is 0 Å². The topological polar surface area (TPSA) is 114 Å². The van der Waals surface area contributed by atoms with Crippen molar-refractivity contribution in [1.82, 2.24) is 9.62 Å². The number of ether oxygens (including phenoxy) is 2. The molecule has 0 bridgehead atoms. The monoisotopic (exact) mass is 449 g/mol. The third-order valence-corrected chi connectivity index (χ3v) is 6.01. The molecule has 10 heteroatoms. The molecule has 2 aromatic rings. The largest absolute Gasteiger partial charge is 0.493 e. The predicted octanol–water partition coefficient (Wildman–Crippen LogP) is 1.88. The zero-order chi connectivity index (χ0) is 23.2. The number of methoxy groups -OCH3 is 2. The summed E-state index contributed by atoms with van der Waals surface area (Å²) in [5.41, 5.74) is 1.40. The van der Waals surface area contributed by atoms with E-state index < -0.39 is 10.0 Å². The first-order valence-corrected chi connectivity index (χ1v) is 10.9. The Morgan fingerprint density at radius 2 is 1.58 bits per heavy atom. The van der Waals surface area contributed by atoms with Crippen LogP contribution in [-0.2, 0) is 21.2 Å². The van der Waals surface area contributed by atoms with Crippen LogP contribution in [0, 0.1) is 0 Å².